The van der Waals surface area contributed by atoms with Crippen LogP contribution in [0.1, 0.15) is 16.5 Å². The largest absolute Gasteiger partial charge is 0.493 e. The molecule has 1 unspecified atom stereocenters. The molecule has 5 heteroatoms. The molecule has 0 bridgehead atoms. The fourth-order valence-corrected chi connectivity index (χ4v) is 3.35. The van der Waals surface area contributed by atoms with E-state index < -0.39 is 0 Å². The SMILES string of the molecule is CNC(Cc1ccc(Cl)s1)c1cccc(OC)c1OC. The number of hydrogen-bond donors (Lipinski definition) is 1. The molecule has 0 saturated carbocycles. The average Bonchev–Trinajstić information content (AvgIpc) is 2.89. The van der Waals surface area contributed by atoms with Crippen LogP contribution in [0, 0.1) is 0 Å². The molecule has 0 amide bonds. The van der Waals surface area contributed by atoms with Crippen LogP contribution in [0.4, 0.5) is 0 Å². The molecule has 0 aliphatic rings. The lowest BCUT2D eigenvalue weighted by Crippen LogP contribution is -2.19. The number of thiophene rings is 1. The van der Waals surface area contributed by atoms with Gasteiger partial charge in [0.1, 0.15) is 0 Å². The van der Waals surface area contributed by atoms with Gasteiger partial charge >= 0.3 is 0 Å². The van der Waals surface area contributed by atoms with E-state index in [1.165, 1.54) is 4.88 Å². The highest BCUT2D eigenvalue weighted by atomic mass is 35.5. The molecule has 1 aromatic carbocycles. The van der Waals surface area contributed by atoms with Gasteiger partial charge in [-0.05, 0) is 25.2 Å². The van der Waals surface area contributed by atoms with Crippen LogP contribution < -0.4 is 14.8 Å². The van der Waals surface area contributed by atoms with Gasteiger partial charge in [0, 0.05) is 22.9 Å². The van der Waals surface area contributed by atoms with Crippen molar-refractivity contribution in [2.45, 2.75) is 12.5 Å². The normalized spacial score (nSPS) is 12.2. The number of para-hydroxylation sites is 1. The lowest BCUT2D eigenvalue weighted by Gasteiger charge is -2.20. The van der Waals surface area contributed by atoms with Gasteiger partial charge in [-0.25, -0.2) is 0 Å². The predicted octanol–water partition coefficient (Wildman–Crippen LogP) is 3.92. The third-order valence-corrected chi connectivity index (χ3v) is 4.44. The first-order chi connectivity index (χ1) is 9.69. The molecule has 0 saturated heterocycles. The van der Waals surface area contributed by atoms with E-state index in [0.717, 1.165) is 27.8 Å². The first kappa shape index (κ1) is 15.2. The van der Waals surface area contributed by atoms with E-state index in [-0.39, 0.29) is 6.04 Å². The Kier molecular flexibility index (Phi) is 5.29. The van der Waals surface area contributed by atoms with Crippen molar-refractivity contribution in [3.8, 4) is 11.5 Å². The number of halogens is 1. The highest BCUT2D eigenvalue weighted by Gasteiger charge is 2.18. The Morgan fingerprint density at radius 1 is 1.20 bits per heavy atom. The minimum Gasteiger partial charge on any atom is -0.493 e. The third kappa shape index (κ3) is 3.26. The molecule has 0 aliphatic heterocycles. The molecule has 0 spiro atoms. The maximum Gasteiger partial charge on any atom is 0.165 e. The van der Waals surface area contributed by atoms with Crippen molar-refractivity contribution in [2.24, 2.45) is 0 Å². The molecular formula is C15H18ClNO2S. The number of nitrogens with one attached hydrogen (secondary N) is 1. The summed E-state index contributed by atoms with van der Waals surface area (Å²) in [7, 11) is 5.25. The minimum absolute atomic E-state index is 0.148. The quantitative estimate of drug-likeness (QED) is 0.877. The van der Waals surface area contributed by atoms with Crippen molar-refractivity contribution in [3.05, 3.63) is 45.1 Å². The van der Waals surface area contributed by atoms with Crippen LogP contribution >= 0.6 is 22.9 Å². The Labute approximate surface area is 128 Å². The molecule has 108 valence electrons. The van der Waals surface area contributed by atoms with Crippen LogP contribution in [0.15, 0.2) is 30.3 Å². The summed E-state index contributed by atoms with van der Waals surface area (Å²) in [6, 6.07) is 10.1. The molecule has 20 heavy (non-hydrogen) atoms. The molecule has 2 aromatic rings. The van der Waals surface area contributed by atoms with Crippen LogP contribution in [0.2, 0.25) is 4.34 Å². The highest BCUT2D eigenvalue weighted by Crippen LogP contribution is 2.36. The van der Waals surface area contributed by atoms with Gasteiger partial charge in [0.2, 0.25) is 0 Å². The zero-order valence-corrected chi connectivity index (χ0v) is 13.3. The summed E-state index contributed by atoms with van der Waals surface area (Å²) in [5.74, 6) is 1.52. The van der Waals surface area contributed by atoms with Gasteiger partial charge in [0.25, 0.3) is 0 Å². The lowest BCUT2D eigenvalue weighted by molar-refractivity contribution is 0.347. The second-order valence-corrected chi connectivity index (χ2v) is 6.13. The van der Waals surface area contributed by atoms with Gasteiger partial charge in [-0.3, -0.25) is 0 Å². The van der Waals surface area contributed by atoms with E-state index in [9.17, 15) is 0 Å². The molecule has 2 rings (SSSR count). The summed E-state index contributed by atoms with van der Waals surface area (Å²) in [4.78, 5) is 1.24. The van der Waals surface area contributed by atoms with E-state index in [4.69, 9.17) is 21.1 Å². The predicted molar refractivity (Wildman–Crippen MR) is 84.4 cm³/mol. The summed E-state index contributed by atoms with van der Waals surface area (Å²) < 4.78 is 11.7. The van der Waals surface area contributed by atoms with Crippen LogP contribution in [0.5, 0.6) is 11.5 Å². The summed E-state index contributed by atoms with van der Waals surface area (Å²) in [6.45, 7) is 0. The monoisotopic (exact) mass is 311 g/mol. The van der Waals surface area contributed by atoms with E-state index in [1.54, 1.807) is 25.6 Å². The average molecular weight is 312 g/mol. The Balaban J connectivity index is 2.31. The number of hydrogen-bond acceptors (Lipinski definition) is 4. The van der Waals surface area contributed by atoms with Crippen molar-refractivity contribution in [1.82, 2.24) is 5.32 Å². The van der Waals surface area contributed by atoms with Crippen LogP contribution in [0.3, 0.4) is 0 Å². The molecule has 1 atom stereocenters. The maximum atomic E-state index is 5.99. The van der Waals surface area contributed by atoms with E-state index in [0.29, 0.717) is 0 Å². The number of likely N-dealkylation sites (N-methyl/N-ethyl adjacent to an activating group) is 1. The number of benzene rings is 1. The molecule has 1 aromatic heterocycles. The Morgan fingerprint density at radius 2 is 2.00 bits per heavy atom. The van der Waals surface area contributed by atoms with Gasteiger partial charge in [0.05, 0.1) is 18.6 Å². The minimum atomic E-state index is 0.148. The van der Waals surface area contributed by atoms with E-state index in [2.05, 4.69) is 17.4 Å². The van der Waals surface area contributed by atoms with Gasteiger partial charge in [-0.15, -0.1) is 11.3 Å². The molecule has 0 aliphatic carbocycles. The van der Waals surface area contributed by atoms with Crippen molar-refractivity contribution < 1.29 is 9.47 Å². The first-order valence-electron chi connectivity index (χ1n) is 6.32. The summed E-state index contributed by atoms with van der Waals surface area (Å²) in [5, 5.41) is 3.33. The lowest BCUT2D eigenvalue weighted by atomic mass is 10.0. The highest BCUT2D eigenvalue weighted by molar-refractivity contribution is 7.16. The number of rotatable bonds is 6. The van der Waals surface area contributed by atoms with Crippen LogP contribution in [0.25, 0.3) is 0 Å². The molecule has 1 heterocycles. The molecule has 1 N–H and O–H groups in total. The van der Waals surface area contributed by atoms with Gasteiger partial charge in [-0.1, -0.05) is 23.7 Å². The topological polar surface area (TPSA) is 30.5 Å². The summed E-state index contributed by atoms with van der Waals surface area (Å²) >= 11 is 7.60. The second kappa shape index (κ2) is 6.97. The van der Waals surface area contributed by atoms with E-state index in [1.807, 2.05) is 25.2 Å². The van der Waals surface area contributed by atoms with Crippen LogP contribution in [-0.4, -0.2) is 21.3 Å². The number of ether oxygens (including phenoxy) is 2. The number of methoxy groups -OCH3 is 2. The Morgan fingerprint density at radius 3 is 2.55 bits per heavy atom. The second-order valence-electron chi connectivity index (χ2n) is 4.33. The Bertz CT molecular complexity index is 571. The zero-order valence-electron chi connectivity index (χ0n) is 11.8. The maximum absolute atomic E-state index is 5.99. The summed E-state index contributed by atoms with van der Waals surface area (Å²) in [5.41, 5.74) is 1.08. The smallest absolute Gasteiger partial charge is 0.165 e. The zero-order chi connectivity index (χ0) is 14.5. The molecule has 0 radical (unpaired) electrons. The van der Waals surface area contributed by atoms with Gasteiger partial charge in [-0.2, -0.15) is 0 Å². The fourth-order valence-electron chi connectivity index (χ4n) is 2.22. The summed E-state index contributed by atoms with van der Waals surface area (Å²) in [6.07, 6.45) is 0.859. The van der Waals surface area contributed by atoms with Crippen molar-refractivity contribution in [2.75, 3.05) is 21.3 Å². The molecule has 0 fully saturated rings. The Hall–Kier alpha value is -1.23. The first-order valence-corrected chi connectivity index (χ1v) is 7.51. The van der Waals surface area contributed by atoms with Crippen molar-refractivity contribution >= 4 is 22.9 Å². The van der Waals surface area contributed by atoms with Crippen LogP contribution in [-0.2, 0) is 6.42 Å². The molecule has 3 nitrogen and oxygen atoms in total. The third-order valence-electron chi connectivity index (χ3n) is 3.19. The standard InChI is InChI=1S/C15H18ClNO2S/c1-17-12(9-10-7-8-14(16)20-10)11-5-4-6-13(18-2)15(11)19-3/h4-8,12,17H,9H2,1-3H3. The van der Waals surface area contributed by atoms with Crippen molar-refractivity contribution in [1.29, 1.82) is 0 Å². The molecular weight excluding hydrogens is 294 g/mol. The van der Waals surface area contributed by atoms with E-state index >= 15 is 0 Å². The van der Waals surface area contributed by atoms with Gasteiger partial charge < -0.3 is 14.8 Å². The van der Waals surface area contributed by atoms with Crippen molar-refractivity contribution in [3.63, 3.8) is 0 Å². The van der Waals surface area contributed by atoms with Gasteiger partial charge in [0.15, 0.2) is 11.5 Å². The fraction of sp³-hybridized carbons (Fsp3) is 0.333.